The Morgan fingerprint density at radius 2 is 1.96 bits per heavy atom. The monoisotopic (exact) mass is 351 g/mol. The van der Waals surface area contributed by atoms with Crippen molar-refractivity contribution in [2.75, 3.05) is 26.2 Å². The molecule has 1 aromatic rings. The van der Waals surface area contributed by atoms with Crippen molar-refractivity contribution in [1.29, 1.82) is 0 Å². The number of carbonyl (C=O) groups excluding carboxylic acids is 2. The second kappa shape index (κ2) is 7.91. The molecule has 136 valence electrons. The van der Waals surface area contributed by atoms with E-state index in [1.807, 2.05) is 0 Å². The number of nitrogens with zero attached hydrogens (tertiary/aromatic N) is 1. The average Bonchev–Trinajstić information content (AvgIpc) is 3.13. The number of rotatable bonds is 4. The van der Waals surface area contributed by atoms with Crippen LogP contribution in [0.3, 0.4) is 0 Å². The molecule has 1 unspecified atom stereocenters. The first-order valence-electron chi connectivity index (χ1n) is 8.80. The van der Waals surface area contributed by atoms with Crippen LogP contribution in [0.4, 0.5) is 8.78 Å². The summed E-state index contributed by atoms with van der Waals surface area (Å²) in [6.07, 6.45) is 3.33. The predicted octanol–water partition coefficient (Wildman–Crippen LogP) is 1.69. The summed E-state index contributed by atoms with van der Waals surface area (Å²) in [6.45, 7) is 2.44. The molecule has 5 nitrogen and oxygen atoms in total. The number of halogens is 2. The van der Waals surface area contributed by atoms with Crippen LogP contribution in [0, 0.1) is 17.6 Å². The second-order valence-electron chi connectivity index (χ2n) is 6.73. The highest BCUT2D eigenvalue weighted by atomic mass is 19.1. The Morgan fingerprint density at radius 3 is 2.60 bits per heavy atom. The maximum Gasteiger partial charge on any atom is 0.256 e. The first kappa shape index (κ1) is 17.8. The van der Waals surface area contributed by atoms with Gasteiger partial charge in [-0.15, -0.1) is 0 Å². The van der Waals surface area contributed by atoms with Crippen LogP contribution >= 0.6 is 0 Å². The number of hydrogen-bond acceptors (Lipinski definition) is 3. The zero-order chi connectivity index (χ0) is 17.8. The predicted molar refractivity (Wildman–Crippen MR) is 89.0 cm³/mol. The van der Waals surface area contributed by atoms with Crippen LogP contribution in [-0.4, -0.2) is 48.9 Å². The van der Waals surface area contributed by atoms with Gasteiger partial charge in [0.15, 0.2) is 0 Å². The summed E-state index contributed by atoms with van der Waals surface area (Å²) in [5, 5.41) is 6.31. The van der Waals surface area contributed by atoms with E-state index in [4.69, 9.17) is 0 Å². The van der Waals surface area contributed by atoms with Gasteiger partial charge in [0.1, 0.15) is 11.6 Å². The van der Waals surface area contributed by atoms with Gasteiger partial charge in [-0.3, -0.25) is 9.59 Å². The number of hydrogen-bond donors (Lipinski definition) is 2. The molecule has 2 N–H and O–H groups in total. The SMILES string of the molecule is O=C(NCC1CCCN1)C1CCN(C(=O)c2ccc(F)cc2F)CC1. The lowest BCUT2D eigenvalue weighted by Crippen LogP contribution is -2.45. The molecular weight excluding hydrogens is 328 g/mol. The molecule has 2 aliphatic rings. The largest absolute Gasteiger partial charge is 0.354 e. The van der Waals surface area contributed by atoms with Crippen molar-refractivity contribution in [2.24, 2.45) is 5.92 Å². The molecule has 0 bridgehead atoms. The molecule has 3 rings (SSSR count). The smallest absolute Gasteiger partial charge is 0.256 e. The number of amides is 2. The third-order valence-corrected chi connectivity index (χ3v) is 5.00. The highest BCUT2D eigenvalue weighted by Crippen LogP contribution is 2.21. The highest BCUT2D eigenvalue weighted by Gasteiger charge is 2.29. The lowest BCUT2D eigenvalue weighted by molar-refractivity contribution is -0.126. The Morgan fingerprint density at radius 1 is 1.20 bits per heavy atom. The fourth-order valence-corrected chi connectivity index (χ4v) is 3.48. The summed E-state index contributed by atoms with van der Waals surface area (Å²) in [6, 6.07) is 3.31. The molecule has 1 aromatic carbocycles. The lowest BCUT2D eigenvalue weighted by atomic mass is 9.95. The van der Waals surface area contributed by atoms with Crippen molar-refractivity contribution in [3.05, 3.63) is 35.4 Å². The van der Waals surface area contributed by atoms with Gasteiger partial charge in [-0.1, -0.05) is 0 Å². The molecule has 2 fully saturated rings. The average molecular weight is 351 g/mol. The number of carbonyl (C=O) groups is 2. The Kier molecular flexibility index (Phi) is 5.63. The highest BCUT2D eigenvalue weighted by molar-refractivity contribution is 5.94. The van der Waals surface area contributed by atoms with Gasteiger partial charge in [-0.2, -0.15) is 0 Å². The molecule has 7 heteroatoms. The Hall–Kier alpha value is -2.02. The third-order valence-electron chi connectivity index (χ3n) is 5.00. The van der Waals surface area contributed by atoms with E-state index in [2.05, 4.69) is 10.6 Å². The molecule has 2 saturated heterocycles. The van der Waals surface area contributed by atoms with Gasteiger partial charge < -0.3 is 15.5 Å². The lowest BCUT2D eigenvalue weighted by Gasteiger charge is -2.31. The van der Waals surface area contributed by atoms with Crippen LogP contribution in [0.1, 0.15) is 36.0 Å². The minimum Gasteiger partial charge on any atom is -0.354 e. The summed E-state index contributed by atoms with van der Waals surface area (Å²) < 4.78 is 26.7. The summed E-state index contributed by atoms with van der Waals surface area (Å²) in [7, 11) is 0. The van der Waals surface area contributed by atoms with E-state index < -0.39 is 17.5 Å². The fraction of sp³-hybridized carbons (Fsp3) is 0.556. The van der Waals surface area contributed by atoms with E-state index in [0.29, 0.717) is 44.6 Å². The summed E-state index contributed by atoms with van der Waals surface area (Å²) in [5.41, 5.74) is -0.128. The van der Waals surface area contributed by atoms with Gasteiger partial charge in [0.25, 0.3) is 5.91 Å². The molecule has 0 radical (unpaired) electrons. The first-order chi connectivity index (χ1) is 12.0. The fourth-order valence-electron chi connectivity index (χ4n) is 3.48. The molecular formula is C18H23F2N3O2. The van der Waals surface area contributed by atoms with Crippen LogP contribution in [-0.2, 0) is 4.79 Å². The van der Waals surface area contributed by atoms with Crippen molar-refractivity contribution in [3.8, 4) is 0 Å². The number of likely N-dealkylation sites (tertiary alicyclic amines) is 1. The Labute approximate surface area is 145 Å². The van der Waals surface area contributed by atoms with E-state index in [9.17, 15) is 18.4 Å². The van der Waals surface area contributed by atoms with Gasteiger partial charge in [0.05, 0.1) is 5.56 Å². The van der Waals surface area contributed by atoms with Gasteiger partial charge in [-0.05, 0) is 44.4 Å². The van der Waals surface area contributed by atoms with Gasteiger partial charge in [0, 0.05) is 37.7 Å². The number of piperidine rings is 1. The third kappa shape index (κ3) is 4.34. The van der Waals surface area contributed by atoms with E-state index in [1.54, 1.807) is 0 Å². The van der Waals surface area contributed by atoms with Crippen LogP contribution in [0.25, 0.3) is 0 Å². The molecule has 2 heterocycles. The zero-order valence-corrected chi connectivity index (χ0v) is 14.1. The van der Waals surface area contributed by atoms with Crippen molar-refractivity contribution in [1.82, 2.24) is 15.5 Å². The minimum atomic E-state index is -0.853. The molecule has 25 heavy (non-hydrogen) atoms. The van der Waals surface area contributed by atoms with Gasteiger partial charge in [-0.25, -0.2) is 8.78 Å². The van der Waals surface area contributed by atoms with E-state index >= 15 is 0 Å². The van der Waals surface area contributed by atoms with E-state index in [0.717, 1.165) is 25.5 Å². The zero-order valence-electron chi connectivity index (χ0n) is 14.1. The van der Waals surface area contributed by atoms with Crippen LogP contribution in [0.2, 0.25) is 0 Å². The van der Waals surface area contributed by atoms with Crippen LogP contribution in [0.15, 0.2) is 18.2 Å². The van der Waals surface area contributed by atoms with Crippen molar-refractivity contribution in [2.45, 2.75) is 31.7 Å². The van der Waals surface area contributed by atoms with E-state index in [1.165, 1.54) is 11.0 Å². The summed E-state index contributed by atoms with van der Waals surface area (Å²) in [5.74, 6) is -2.11. The molecule has 2 aliphatic heterocycles. The van der Waals surface area contributed by atoms with Crippen molar-refractivity contribution >= 4 is 11.8 Å². The molecule has 0 aliphatic carbocycles. The standard InChI is InChI=1S/C18H23F2N3O2/c19-13-3-4-15(16(20)10-13)18(25)23-8-5-12(6-9-23)17(24)22-11-14-2-1-7-21-14/h3-4,10,12,14,21H,1-2,5-9,11H2,(H,22,24). The molecule has 0 spiro atoms. The molecule has 0 saturated carbocycles. The van der Waals surface area contributed by atoms with Crippen LogP contribution in [0.5, 0.6) is 0 Å². The maximum atomic E-state index is 13.8. The Bertz CT molecular complexity index is 639. The molecule has 0 aromatic heterocycles. The van der Waals surface area contributed by atoms with Crippen molar-refractivity contribution in [3.63, 3.8) is 0 Å². The Balaban J connectivity index is 1.49. The molecule has 1 atom stereocenters. The first-order valence-corrected chi connectivity index (χ1v) is 8.80. The minimum absolute atomic E-state index is 0.0220. The topological polar surface area (TPSA) is 61.4 Å². The summed E-state index contributed by atoms with van der Waals surface area (Å²) >= 11 is 0. The van der Waals surface area contributed by atoms with E-state index in [-0.39, 0.29) is 17.4 Å². The van der Waals surface area contributed by atoms with Crippen molar-refractivity contribution < 1.29 is 18.4 Å². The number of benzene rings is 1. The normalized spacial score (nSPS) is 21.4. The quantitative estimate of drug-likeness (QED) is 0.868. The molecule has 2 amide bonds. The van der Waals surface area contributed by atoms with Gasteiger partial charge in [0.2, 0.25) is 5.91 Å². The second-order valence-corrected chi connectivity index (χ2v) is 6.73. The maximum absolute atomic E-state index is 13.8. The number of nitrogens with one attached hydrogen (secondary N) is 2. The van der Waals surface area contributed by atoms with Gasteiger partial charge >= 0.3 is 0 Å². The summed E-state index contributed by atoms with van der Waals surface area (Å²) in [4.78, 5) is 26.1. The van der Waals surface area contributed by atoms with Crippen LogP contribution < -0.4 is 10.6 Å².